The van der Waals surface area contributed by atoms with E-state index in [4.69, 9.17) is 4.74 Å². The highest BCUT2D eigenvalue weighted by Crippen LogP contribution is 2.73. The molecular formula is C46H71N3O6. The maximum absolute atomic E-state index is 14.2. The van der Waals surface area contributed by atoms with Gasteiger partial charge in [0.1, 0.15) is 6.10 Å². The van der Waals surface area contributed by atoms with Gasteiger partial charge in [-0.3, -0.25) is 24.3 Å². The summed E-state index contributed by atoms with van der Waals surface area (Å²) in [5.41, 5.74) is 2.59. The molecule has 3 N–H and O–H groups in total. The molecule has 1 aromatic rings. The average Bonchev–Trinajstić information content (AvgIpc) is 3.42. The molecule has 0 bridgehead atoms. The summed E-state index contributed by atoms with van der Waals surface area (Å²) in [4.78, 5) is 46.2. The summed E-state index contributed by atoms with van der Waals surface area (Å²) in [6.07, 6.45) is 11.8. The zero-order valence-electron chi connectivity index (χ0n) is 35.2. The number of hydrogen-bond donors (Lipinski definition) is 3. The van der Waals surface area contributed by atoms with Gasteiger partial charge in [0.25, 0.3) is 0 Å². The van der Waals surface area contributed by atoms with Gasteiger partial charge >= 0.3 is 11.9 Å². The molecule has 0 saturated heterocycles. The smallest absolute Gasteiger partial charge is 0.309 e. The summed E-state index contributed by atoms with van der Waals surface area (Å²) < 4.78 is 6.18. The predicted octanol–water partition coefficient (Wildman–Crippen LogP) is 7.86. The monoisotopic (exact) mass is 762 g/mol. The first-order valence-corrected chi connectivity index (χ1v) is 21.5. The summed E-state index contributed by atoms with van der Waals surface area (Å²) >= 11 is 0. The number of allylic oxidation sites excluding steroid dienone is 2. The minimum atomic E-state index is -1.15. The number of ketones is 1. The van der Waals surface area contributed by atoms with E-state index in [-0.39, 0.29) is 46.7 Å². The number of ether oxygens (including phenoxy) is 1. The molecule has 0 radical (unpaired) electrons. The molecule has 1 aromatic heterocycles. The standard InChI is InChI=1S/C46H71N3O6/c1-30(2)39-34(51)27-46(20-24-49(25-22-47-23-26-50)29-31-11-9-10-21-48-31)19-14-33-32(40(39)46)12-13-36-44(33,7)17-15-35-43(5,6)37(16-18-45(35,36)8)55-38(52)28-42(3,4)41(53)54/h9-11,21,30,32-33,35-37,47,50H,12-20,22-29H2,1-8H3,(H,53,54). The summed E-state index contributed by atoms with van der Waals surface area (Å²) in [6, 6.07) is 6.10. The zero-order valence-corrected chi connectivity index (χ0v) is 35.2. The molecule has 9 heteroatoms. The van der Waals surface area contributed by atoms with Gasteiger partial charge in [-0.05, 0) is 136 Å². The molecule has 6 rings (SSSR count). The van der Waals surface area contributed by atoms with Crippen LogP contribution in [0.1, 0.15) is 132 Å². The van der Waals surface area contributed by atoms with E-state index >= 15 is 0 Å². The molecule has 8 atom stereocenters. The Bertz CT molecular complexity index is 1610. The number of pyridine rings is 1. The van der Waals surface area contributed by atoms with E-state index in [1.54, 1.807) is 13.8 Å². The van der Waals surface area contributed by atoms with Crippen LogP contribution in [0.4, 0.5) is 0 Å². The van der Waals surface area contributed by atoms with Crippen molar-refractivity contribution in [2.75, 3.05) is 32.8 Å². The number of Topliss-reactive ketones (excluding diaryl/α,β-unsaturated/α-hetero) is 1. The number of nitrogens with one attached hydrogen (secondary N) is 1. The molecule has 0 amide bonds. The molecule has 8 unspecified atom stereocenters. The molecule has 0 aliphatic heterocycles. The van der Waals surface area contributed by atoms with Gasteiger partial charge in [0.2, 0.25) is 0 Å². The first-order chi connectivity index (χ1) is 25.9. The number of carboxylic acids is 1. The second kappa shape index (κ2) is 16.0. The first kappa shape index (κ1) is 42.0. The van der Waals surface area contributed by atoms with Crippen molar-refractivity contribution < 1.29 is 29.3 Å². The third-order valence-corrected chi connectivity index (χ3v) is 16.0. The van der Waals surface area contributed by atoms with Gasteiger partial charge in [-0.25, -0.2) is 0 Å². The van der Waals surface area contributed by atoms with Crippen LogP contribution in [0, 0.1) is 56.7 Å². The van der Waals surface area contributed by atoms with Crippen LogP contribution in [0.5, 0.6) is 0 Å². The maximum atomic E-state index is 14.2. The Balaban J connectivity index is 1.22. The molecule has 0 spiro atoms. The van der Waals surface area contributed by atoms with Crippen molar-refractivity contribution in [2.24, 2.45) is 56.7 Å². The Morgan fingerprint density at radius 1 is 0.982 bits per heavy atom. The van der Waals surface area contributed by atoms with Crippen molar-refractivity contribution >= 4 is 17.7 Å². The van der Waals surface area contributed by atoms with Crippen LogP contribution in [0.3, 0.4) is 0 Å². The lowest BCUT2D eigenvalue weighted by atomic mass is 9.36. The van der Waals surface area contributed by atoms with Crippen molar-refractivity contribution in [3.05, 3.63) is 41.2 Å². The maximum Gasteiger partial charge on any atom is 0.309 e. The molecular weight excluding hydrogens is 691 g/mol. The number of carboxylic acid groups (broad SMARTS) is 1. The van der Waals surface area contributed by atoms with Crippen molar-refractivity contribution in [2.45, 2.75) is 139 Å². The fraction of sp³-hybridized carbons (Fsp3) is 0.783. The minimum absolute atomic E-state index is 0.0812. The Labute approximate surface area is 330 Å². The number of fused-ring (bicyclic) bond motifs is 7. The van der Waals surface area contributed by atoms with Gasteiger partial charge in [-0.1, -0.05) is 53.2 Å². The molecule has 4 fully saturated rings. The van der Waals surface area contributed by atoms with E-state index in [0.29, 0.717) is 42.4 Å². The molecule has 5 aliphatic rings. The van der Waals surface area contributed by atoms with E-state index in [1.165, 1.54) is 18.4 Å². The van der Waals surface area contributed by atoms with Gasteiger partial charge in [-0.15, -0.1) is 0 Å². The Hall–Kier alpha value is -2.62. The Morgan fingerprint density at radius 3 is 2.40 bits per heavy atom. The van der Waals surface area contributed by atoms with Crippen LogP contribution >= 0.6 is 0 Å². The van der Waals surface area contributed by atoms with E-state index in [9.17, 15) is 24.6 Å². The number of aromatic nitrogens is 1. The van der Waals surface area contributed by atoms with Crippen molar-refractivity contribution in [3.63, 3.8) is 0 Å². The van der Waals surface area contributed by atoms with Crippen LogP contribution < -0.4 is 5.32 Å². The van der Waals surface area contributed by atoms with Crippen LogP contribution in [0.25, 0.3) is 0 Å². The normalized spacial score (nSPS) is 34.2. The number of aliphatic hydroxyl groups excluding tert-OH is 1. The first-order valence-electron chi connectivity index (χ1n) is 21.5. The minimum Gasteiger partial charge on any atom is -0.481 e. The number of carbonyl (C=O) groups is 3. The molecule has 4 saturated carbocycles. The van der Waals surface area contributed by atoms with E-state index in [1.807, 2.05) is 18.3 Å². The molecule has 55 heavy (non-hydrogen) atoms. The van der Waals surface area contributed by atoms with E-state index in [0.717, 1.165) is 82.4 Å². The lowest BCUT2D eigenvalue weighted by molar-refractivity contribution is -0.214. The highest BCUT2D eigenvalue weighted by atomic mass is 16.5. The molecule has 9 nitrogen and oxygen atoms in total. The van der Waals surface area contributed by atoms with Crippen molar-refractivity contribution in [1.29, 1.82) is 0 Å². The van der Waals surface area contributed by atoms with Gasteiger partial charge in [0.05, 0.1) is 24.1 Å². The van der Waals surface area contributed by atoms with Gasteiger partial charge in [0, 0.05) is 49.6 Å². The topological polar surface area (TPSA) is 129 Å². The van der Waals surface area contributed by atoms with Crippen molar-refractivity contribution in [3.8, 4) is 0 Å². The molecule has 0 aromatic carbocycles. The fourth-order valence-corrected chi connectivity index (χ4v) is 13.4. The number of esters is 1. The number of rotatable bonds is 15. The lowest BCUT2D eigenvalue weighted by Gasteiger charge is -2.69. The SMILES string of the molecule is CC(C)C1=C2C3CCC4C(C)(CCC5C(C)(C)C(OC(=O)CC(C)(C)C(=O)O)CCC54C)C3CCC2(CCN(CCNCCO)Cc2ccccn2)CC1=O. The van der Waals surface area contributed by atoms with Crippen LogP contribution in [0.15, 0.2) is 35.5 Å². The lowest BCUT2D eigenvalue weighted by Crippen LogP contribution is -2.63. The summed E-state index contributed by atoms with van der Waals surface area (Å²) in [6.45, 7) is 21.4. The highest BCUT2D eigenvalue weighted by Gasteiger charge is 2.66. The number of nitrogens with zero attached hydrogens (tertiary/aromatic N) is 2. The zero-order chi connectivity index (χ0) is 40.0. The molecule has 306 valence electrons. The number of carbonyl (C=O) groups excluding carboxylic acids is 2. The number of aliphatic carboxylic acids is 1. The molecule has 1 heterocycles. The second-order valence-corrected chi connectivity index (χ2v) is 20.4. The molecule has 5 aliphatic carbocycles. The van der Waals surface area contributed by atoms with Gasteiger partial charge in [-0.2, -0.15) is 0 Å². The Morgan fingerprint density at radius 2 is 1.73 bits per heavy atom. The van der Waals surface area contributed by atoms with Crippen LogP contribution in [-0.4, -0.2) is 76.7 Å². The fourth-order valence-electron chi connectivity index (χ4n) is 13.4. The summed E-state index contributed by atoms with van der Waals surface area (Å²) in [5, 5.41) is 22.3. The van der Waals surface area contributed by atoms with E-state index < -0.39 is 17.4 Å². The Kier molecular flexibility index (Phi) is 12.2. The average molecular weight is 762 g/mol. The van der Waals surface area contributed by atoms with E-state index in [2.05, 4.69) is 62.8 Å². The van der Waals surface area contributed by atoms with Gasteiger partial charge < -0.3 is 20.3 Å². The predicted molar refractivity (Wildman–Crippen MR) is 215 cm³/mol. The van der Waals surface area contributed by atoms with Gasteiger partial charge in [0.15, 0.2) is 5.78 Å². The third kappa shape index (κ3) is 7.84. The highest BCUT2D eigenvalue weighted by molar-refractivity contribution is 6.00. The van der Waals surface area contributed by atoms with Crippen LogP contribution in [-0.2, 0) is 25.7 Å². The summed E-state index contributed by atoms with van der Waals surface area (Å²) in [5.74, 6) is 1.19. The van der Waals surface area contributed by atoms with Crippen molar-refractivity contribution in [1.82, 2.24) is 15.2 Å². The summed E-state index contributed by atoms with van der Waals surface area (Å²) in [7, 11) is 0. The van der Waals surface area contributed by atoms with Crippen LogP contribution in [0.2, 0.25) is 0 Å². The quantitative estimate of drug-likeness (QED) is 0.121. The largest absolute Gasteiger partial charge is 0.481 e. The third-order valence-electron chi connectivity index (χ3n) is 16.0. The second-order valence-electron chi connectivity index (χ2n) is 20.4. The number of aliphatic hydroxyl groups is 1. The number of hydrogen-bond acceptors (Lipinski definition) is 8.